The molecule has 7 heteroatoms. The number of hydrogen-bond acceptors (Lipinski definition) is 3. The molecule has 0 unspecified atom stereocenters. The molecule has 1 aromatic rings. The smallest absolute Gasteiger partial charge is 0.256 e. The Balaban J connectivity index is 2.13. The summed E-state index contributed by atoms with van der Waals surface area (Å²) in [5, 5.41) is 0. The van der Waals surface area contributed by atoms with E-state index in [2.05, 4.69) is 0 Å². The fraction of sp³-hybridized carbons (Fsp3) is 0.385. The standard InChI is InChI=1S/C13H15F2N3O2/c14-9-6-10(15)11(16)5-8(9)13(20)18-3-1-7(2-4-18)12(17)19/h5-7H,1-4,16H2,(H2,17,19). The van der Waals surface area contributed by atoms with E-state index in [4.69, 9.17) is 11.5 Å². The van der Waals surface area contributed by atoms with E-state index in [0.29, 0.717) is 32.0 Å². The number of anilines is 1. The molecule has 2 rings (SSSR count). The number of primary amides is 1. The Kier molecular flexibility index (Phi) is 3.87. The predicted molar refractivity (Wildman–Crippen MR) is 68.6 cm³/mol. The lowest BCUT2D eigenvalue weighted by Gasteiger charge is -2.30. The lowest BCUT2D eigenvalue weighted by molar-refractivity contribution is -0.123. The first-order valence-corrected chi connectivity index (χ1v) is 6.23. The molecular formula is C13H15F2N3O2. The summed E-state index contributed by atoms with van der Waals surface area (Å²) in [6.45, 7) is 0.617. The van der Waals surface area contributed by atoms with Crippen molar-refractivity contribution in [3.63, 3.8) is 0 Å². The minimum absolute atomic E-state index is 0.262. The van der Waals surface area contributed by atoms with E-state index in [1.54, 1.807) is 0 Å². The van der Waals surface area contributed by atoms with Crippen LogP contribution in [0.4, 0.5) is 14.5 Å². The Bertz CT molecular complexity index is 555. The molecule has 1 saturated heterocycles. The highest BCUT2D eigenvalue weighted by molar-refractivity contribution is 5.95. The second-order valence-electron chi connectivity index (χ2n) is 4.82. The summed E-state index contributed by atoms with van der Waals surface area (Å²) in [6, 6.07) is 1.59. The molecule has 0 saturated carbocycles. The van der Waals surface area contributed by atoms with Crippen molar-refractivity contribution in [3.8, 4) is 0 Å². The zero-order chi connectivity index (χ0) is 14.9. The van der Waals surface area contributed by atoms with Gasteiger partial charge in [0.25, 0.3) is 5.91 Å². The average molecular weight is 283 g/mol. The fourth-order valence-electron chi connectivity index (χ4n) is 2.27. The third kappa shape index (κ3) is 2.71. The molecule has 5 nitrogen and oxygen atoms in total. The number of likely N-dealkylation sites (tertiary alicyclic amines) is 1. The van der Waals surface area contributed by atoms with Gasteiger partial charge in [0, 0.05) is 25.1 Å². The van der Waals surface area contributed by atoms with Crippen LogP contribution in [-0.4, -0.2) is 29.8 Å². The minimum atomic E-state index is -0.946. The van der Waals surface area contributed by atoms with Crippen molar-refractivity contribution in [2.75, 3.05) is 18.8 Å². The van der Waals surface area contributed by atoms with Crippen LogP contribution in [0.2, 0.25) is 0 Å². The molecule has 20 heavy (non-hydrogen) atoms. The van der Waals surface area contributed by atoms with Crippen molar-refractivity contribution in [2.24, 2.45) is 11.7 Å². The topological polar surface area (TPSA) is 89.4 Å². The summed E-state index contributed by atoms with van der Waals surface area (Å²) in [5.41, 5.74) is 10.0. The van der Waals surface area contributed by atoms with E-state index in [1.807, 2.05) is 0 Å². The van der Waals surface area contributed by atoms with Gasteiger partial charge in [-0.2, -0.15) is 0 Å². The van der Waals surface area contributed by atoms with E-state index >= 15 is 0 Å². The summed E-state index contributed by atoms with van der Waals surface area (Å²) < 4.78 is 26.7. The van der Waals surface area contributed by atoms with Crippen LogP contribution in [0.15, 0.2) is 12.1 Å². The third-order valence-electron chi connectivity index (χ3n) is 3.50. The molecule has 0 atom stereocenters. The highest BCUT2D eigenvalue weighted by Crippen LogP contribution is 2.22. The Morgan fingerprint density at radius 3 is 2.30 bits per heavy atom. The first kappa shape index (κ1) is 14.2. The van der Waals surface area contributed by atoms with Crippen molar-refractivity contribution >= 4 is 17.5 Å². The van der Waals surface area contributed by atoms with Gasteiger partial charge in [0.05, 0.1) is 11.3 Å². The monoisotopic (exact) mass is 283 g/mol. The van der Waals surface area contributed by atoms with E-state index < -0.39 is 23.4 Å². The maximum atomic E-state index is 13.6. The van der Waals surface area contributed by atoms with Crippen LogP contribution in [0.5, 0.6) is 0 Å². The third-order valence-corrected chi connectivity index (χ3v) is 3.50. The molecule has 0 aromatic heterocycles. The average Bonchev–Trinajstić information content (AvgIpc) is 2.42. The van der Waals surface area contributed by atoms with Gasteiger partial charge in [0.2, 0.25) is 5.91 Å². The molecule has 4 N–H and O–H groups in total. The van der Waals surface area contributed by atoms with E-state index in [-0.39, 0.29) is 17.2 Å². The lowest BCUT2D eigenvalue weighted by Crippen LogP contribution is -2.42. The van der Waals surface area contributed by atoms with E-state index in [1.165, 1.54) is 4.90 Å². The molecular weight excluding hydrogens is 268 g/mol. The number of benzene rings is 1. The maximum Gasteiger partial charge on any atom is 0.256 e. The van der Waals surface area contributed by atoms with Gasteiger partial charge in [-0.15, -0.1) is 0 Å². The summed E-state index contributed by atoms with van der Waals surface area (Å²) in [6.07, 6.45) is 0.888. The van der Waals surface area contributed by atoms with Gasteiger partial charge in [-0.25, -0.2) is 8.78 Å². The Morgan fingerprint density at radius 2 is 1.75 bits per heavy atom. The van der Waals surface area contributed by atoms with Gasteiger partial charge in [0.1, 0.15) is 11.6 Å². The summed E-state index contributed by atoms with van der Waals surface area (Å²) in [5.74, 6) is -3.06. The zero-order valence-electron chi connectivity index (χ0n) is 10.7. The predicted octanol–water partition coefficient (Wildman–Crippen LogP) is 0.884. The number of nitrogens with zero attached hydrogens (tertiary/aromatic N) is 1. The van der Waals surface area contributed by atoms with Gasteiger partial charge in [-0.1, -0.05) is 0 Å². The second kappa shape index (κ2) is 5.44. The molecule has 1 aliphatic heterocycles. The quantitative estimate of drug-likeness (QED) is 0.790. The van der Waals surface area contributed by atoms with Crippen LogP contribution in [0.1, 0.15) is 23.2 Å². The normalized spacial score (nSPS) is 16.2. The highest BCUT2D eigenvalue weighted by atomic mass is 19.1. The molecule has 1 heterocycles. The lowest BCUT2D eigenvalue weighted by atomic mass is 9.96. The SMILES string of the molecule is NC(=O)C1CCN(C(=O)c2cc(N)c(F)cc2F)CC1. The molecule has 0 aliphatic carbocycles. The number of piperidine rings is 1. The summed E-state index contributed by atoms with van der Waals surface area (Å²) in [7, 11) is 0. The Morgan fingerprint density at radius 1 is 1.15 bits per heavy atom. The number of nitrogens with two attached hydrogens (primary N) is 2. The zero-order valence-corrected chi connectivity index (χ0v) is 10.7. The molecule has 0 spiro atoms. The van der Waals surface area contributed by atoms with Crippen molar-refractivity contribution in [1.82, 2.24) is 4.90 Å². The van der Waals surface area contributed by atoms with Crippen LogP contribution in [0.3, 0.4) is 0 Å². The highest BCUT2D eigenvalue weighted by Gasteiger charge is 2.28. The molecule has 0 bridgehead atoms. The molecule has 108 valence electrons. The number of rotatable bonds is 2. The van der Waals surface area contributed by atoms with Crippen molar-refractivity contribution < 1.29 is 18.4 Å². The number of nitrogen functional groups attached to an aromatic ring is 1. The number of carbonyl (C=O) groups is 2. The summed E-state index contributed by atoms with van der Waals surface area (Å²) in [4.78, 5) is 24.6. The largest absolute Gasteiger partial charge is 0.396 e. The molecule has 2 amide bonds. The first-order valence-electron chi connectivity index (χ1n) is 6.23. The Labute approximate surface area is 114 Å². The fourth-order valence-corrected chi connectivity index (χ4v) is 2.27. The van der Waals surface area contributed by atoms with E-state index in [0.717, 1.165) is 6.07 Å². The second-order valence-corrected chi connectivity index (χ2v) is 4.82. The van der Waals surface area contributed by atoms with Gasteiger partial charge in [0.15, 0.2) is 0 Å². The van der Waals surface area contributed by atoms with Gasteiger partial charge in [-0.3, -0.25) is 9.59 Å². The summed E-state index contributed by atoms with van der Waals surface area (Å²) >= 11 is 0. The maximum absolute atomic E-state index is 13.6. The van der Waals surface area contributed by atoms with E-state index in [9.17, 15) is 18.4 Å². The molecule has 0 radical (unpaired) electrons. The number of carbonyl (C=O) groups excluding carboxylic acids is 2. The van der Waals surface area contributed by atoms with Crippen molar-refractivity contribution in [1.29, 1.82) is 0 Å². The molecule has 1 fully saturated rings. The van der Waals surface area contributed by atoms with Crippen LogP contribution >= 0.6 is 0 Å². The van der Waals surface area contributed by atoms with Gasteiger partial charge < -0.3 is 16.4 Å². The van der Waals surface area contributed by atoms with Gasteiger partial charge >= 0.3 is 0 Å². The number of hydrogen-bond donors (Lipinski definition) is 2. The minimum Gasteiger partial charge on any atom is -0.396 e. The van der Waals surface area contributed by atoms with Crippen molar-refractivity contribution in [3.05, 3.63) is 29.3 Å². The van der Waals surface area contributed by atoms with Crippen LogP contribution in [0, 0.1) is 17.6 Å². The number of amides is 2. The van der Waals surface area contributed by atoms with Crippen LogP contribution in [-0.2, 0) is 4.79 Å². The van der Waals surface area contributed by atoms with Crippen molar-refractivity contribution in [2.45, 2.75) is 12.8 Å². The Hall–Kier alpha value is -2.18. The van der Waals surface area contributed by atoms with Crippen LogP contribution in [0.25, 0.3) is 0 Å². The van der Waals surface area contributed by atoms with Gasteiger partial charge in [-0.05, 0) is 18.9 Å². The molecule has 1 aromatic carbocycles. The van der Waals surface area contributed by atoms with Crippen LogP contribution < -0.4 is 11.5 Å². The first-order chi connectivity index (χ1) is 9.40. The molecule has 1 aliphatic rings. The number of halogens is 2.